The third-order valence-corrected chi connectivity index (χ3v) is 3.30. The van der Waals surface area contributed by atoms with Crippen molar-refractivity contribution in [2.24, 2.45) is 5.41 Å². The van der Waals surface area contributed by atoms with Crippen molar-refractivity contribution < 1.29 is 18.7 Å². The van der Waals surface area contributed by atoms with Gasteiger partial charge in [0.25, 0.3) is 5.91 Å². The van der Waals surface area contributed by atoms with Crippen molar-refractivity contribution in [1.29, 1.82) is 0 Å². The third-order valence-electron chi connectivity index (χ3n) is 3.30. The molecule has 0 spiro atoms. The van der Waals surface area contributed by atoms with Crippen LogP contribution in [0.25, 0.3) is 0 Å². The van der Waals surface area contributed by atoms with Crippen molar-refractivity contribution in [3.63, 3.8) is 0 Å². The van der Waals surface area contributed by atoms with E-state index in [1.54, 1.807) is 27.0 Å². The number of hydrogen-bond donors (Lipinski definition) is 1. The molecule has 0 bridgehead atoms. The molecule has 1 aromatic heterocycles. The van der Waals surface area contributed by atoms with E-state index in [2.05, 4.69) is 10.4 Å². The largest absolute Gasteiger partial charge is 0.471 e. The average molecular weight is 333 g/mol. The van der Waals surface area contributed by atoms with Crippen LogP contribution in [0.1, 0.15) is 31.3 Å². The van der Waals surface area contributed by atoms with Crippen LogP contribution in [0.5, 0.6) is 5.75 Å². The first-order valence-corrected chi connectivity index (χ1v) is 7.49. The van der Waals surface area contributed by atoms with Crippen LogP contribution in [0, 0.1) is 11.2 Å². The zero-order valence-electron chi connectivity index (χ0n) is 13.9. The Bertz CT molecular complexity index is 717. The first kappa shape index (κ1) is 17.7. The number of halogens is 1. The zero-order valence-corrected chi connectivity index (χ0v) is 13.9. The Morgan fingerprint density at radius 1 is 1.21 bits per heavy atom. The molecule has 0 unspecified atom stereocenters. The van der Waals surface area contributed by atoms with Gasteiger partial charge in [-0.25, -0.2) is 9.07 Å². The van der Waals surface area contributed by atoms with Gasteiger partial charge in [0.15, 0.2) is 12.5 Å². The summed E-state index contributed by atoms with van der Waals surface area (Å²) in [5, 5.41) is 6.63. The topological polar surface area (TPSA) is 73.2 Å². The van der Waals surface area contributed by atoms with Crippen molar-refractivity contribution in [2.45, 2.75) is 27.5 Å². The van der Waals surface area contributed by atoms with Gasteiger partial charge in [-0.2, -0.15) is 5.10 Å². The molecule has 7 heteroatoms. The van der Waals surface area contributed by atoms with Gasteiger partial charge in [0.1, 0.15) is 17.3 Å². The Morgan fingerprint density at radius 2 is 1.88 bits per heavy atom. The minimum absolute atomic E-state index is 0.0404. The highest BCUT2D eigenvalue weighted by Crippen LogP contribution is 2.14. The van der Waals surface area contributed by atoms with E-state index < -0.39 is 11.3 Å². The molecule has 1 aromatic carbocycles. The van der Waals surface area contributed by atoms with Gasteiger partial charge in [-0.05, 0) is 30.3 Å². The first-order valence-electron chi connectivity index (χ1n) is 7.49. The summed E-state index contributed by atoms with van der Waals surface area (Å²) in [6, 6.07) is 7.13. The van der Waals surface area contributed by atoms with Crippen LogP contribution in [0.2, 0.25) is 0 Å². The Labute approximate surface area is 139 Å². The third kappa shape index (κ3) is 4.91. The lowest BCUT2D eigenvalue weighted by Gasteiger charge is -2.16. The van der Waals surface area contributed by atoms with Crippen LogP contribution in [0.4, 0.5) is 4.39 Å². The standard InChI is InChI=1S/C17H20FN3O3/c1-17(2,3)15(22)10-19-16(23)14-8-9-21(20-14)11-24-13-6-4-12(18)5-7-13/h4-9H,10-11H2,1-3H3,(H,19,23). The molecule has 1 amide bonds. The molecule has 0 fully saturated rings. The maximum absolute atomic E-state index is 12.8. The lowest BCUT2D eigenvalue weighted by Crippen LogP contribution is -2.35. The number of amides is 1. The Morgan fingerprint density at radius 3 is 2.50 bits per heavy atom. The van der Waals surface area contributed by atoms with Crippen molar-refractivity contribution in [3.8, 4) is 5.75 Å². The molecule has 2 rings (SSSR count). The summed E-state index contributed by atoms with van der Waals surface area (Å²) < 4.78 is 19.7. The number of carbonyl (C=O) groups is 2. The highest BCUT2D eigenvalue weighted by atomic mass is 19.1. The predicted octanol–water partition coefficient (Wildman–Crippen LogP) is 2.40. The number of nitrogens with zero attached hydrogens (tertiary/aromatic N) is 2. The van der Waals surface area contributed by atoms with Gasteiger partial charge in [-0.15, -0.1) is 0 Å². The van der Waals surface area contributed by atoms with Crippen molar-refractivity contribution in [2.75, 3.05) is 6.54 Å². The number of ketones is 1. The van der Waals surface area contributed by atoms with Crippen molar-refractivity contribution in [1.82, 2.24) is 15.1 Å². The van der Waals surface area contributed by atoms with E-state index in [4.69, 9.17) is 4.74 Å². The second-order valence-electron chi connectivity index (χ2n) is 6.32. The number of Topliss-reactive ketones (excluding diaryl/α,β-unsaturated/α-hetero) is 1. The van der Waals surface area contributed by atoms with Crippen LogP contribution in [-0.4, -0.2) is 28.0 Å². The highest BCUT2D eigenvalue weighted by molar-refractivity contribution is 5.96. The Hall–Kier alpha value is -2.70. The average Bonchev–Trinajstić information content (AvgIpc) is 3.00. The molecule has 1 N–H and O–H groups in total. The fourth-order valence-electron chi connectivity index (χ4n) is 1.74. The maximum atomic E-state index is 12.8. The molecule has 128 valence electrons. The first-order chi connectivity index (χ1) is 11.3. The van der Waals surface area contributed by atoms with Gasteiger partial charge in [-0.3, -0.25) is 9.59 Å². The van der Waals surface area contributed by atoms with Crippen LogP contribution in [0.3, 0.4) is 0 Å². The van der Waals surface area contributed by atoms with E-state index in [-0.39, 0.29) is 30.6 Å². The lowest BCUT2D eigenvalue weighted by molar-refractivity contribution is -0.125. The monoisotopic (exact) mass is 333 g/mol. The number of nitrogens with one attached hydrogen (secondary N) is 1. The van der Waals surface area contributed by atoms with E-state index in [1.807, 2.05) is 0 Å². The number of benzene rings is 1. The van der Waals surface area contributed by atoms with Crippen LogP contribution < -0.4 is 10.1 Å². The Balaban J connectivity index is 1.87. The summed E-state index contributed by atoms with van der Waals surface area (Å²) in [6.07, 6.45) is 1.59. The molecule has 6 nitrogen and oxygen atoms in total. The molecule has 1 heterocycles. The number of ether oxygens (including phenoxy) is 1. The maximum Gasteiger partial charge on any atom is 0.272 e. The van der Waals surface area contributed by atoms with Gasteiger partial charge in [0.05, 0.1) is 6.54 Å². The minimum atomic E-state index is -0.504. The zero-order chi connectivity index (χ0) is 17.7. The van der Waals surface area contributed by atoms with Crippen molar-refractivity contribution in [3.05, 3.63) is 48.0 Å². The molecule has 0 aliphatic rings. The molecule has 0 saturated heterocycles. The minimum Gasteiger partial charge on any atom is -0.471 e. The van der Waals surface area contributed by atoms with E-state index in [9.17, 15) is 14.0 Å². The molecular weight excluding hydrogens is 313 g/mol. The number of carbonyl (C=O) groups excluding carboxylic acids is 2. The van der Waals surface area contributed by atoms with E-state index >= 15 is 0 Å². The van der Waals surface area contributed by atoms with Gasteiger partial charge < -0.3 is 10.1 Å². The SMILES string of the molecule is CC(C)(C)C(=O)CNC(=O)c1ccn(COc2ccc(F)cc2)n1. The summed E-state index contributed by atoms with van der Waals surface area (Å²) in [5.74, 6) is -0.332. The van der Waals surface area contributed by atoms with Gasteiger partial charge in [0.2, 0.25) is 0 Å². The number of aromatic nitrogens is 2. The van der Waals surface area contributed by atoms with Gasteiger partial charge in [-0.1, -0.05) is 20.8 Å². The summed E-state index contributed by atoms with van der Waals surface area (Å²) in [4.78, 5) is 23.8. The molecule has 24 heavy (non-hydrogen) atoms. The van der Waals surface area contributed by atoms with Crippen LogP contribution in [0.15, 0.2) is 36.5 Å². The fourth-order valence-corrected chi connectivity index (χ4v) is 1.74. The van der Waals surface area contributed by atoms with E-state index in [0.717, 1.165) is 0 Å². The quantitative estimate of drug-likeness (QED) is 0.881. The molecule has 0 aliphatic heterocycles. The second-order valence-corrected chi connectivity index (χ2v) is 6.32. The van der Waals surface area contributed by atoms with E-state index in [1.165, 1.54) is 35.0 Å². The van der Waals surface area contributed by atoms with Crippen molar-refractivity contribution >= 4 is 11.7 Å². The molecular formula is C17H20FN3O3. The van der Waals surface area contributed by atoms with E-state index in [0.29, 0.717) is 5.75 Å². The number of rotatable bonds is 6. The van der Waals surface area contributed by atoms with Gasteiger partial charge >= 0.3 is 0 Å². The molecule has 0 aliphatic carbocycles. The van der Waals surface area contributed by atoms with Crippen LogP contribution in [-0.2, 0) is 11.5 Å². The molecule has 0 saturated carbocycles. The molecule has 0 atom stereocenters. The molecule has 2 aromatic rings. The summed E-state index contributed by atoms with van der Waals surface area (Å²) in [7, 11) is 0. The Kier molecular flexibility index (Phi) is 5.33. The predicted molar refractivity (Wildman–Crippen MR) is 86.1 cm³/mol. The summed E-state index contributed by atoms with van der Waals surface area (Å²) in [5.41, 5.74) is -0.310. The van der Waals surface area contributed by atoms with Crippen LogP contribution >= 0.6 is 0 Å². The summed E-state index contributed by atoms with van der Waals surface area (Å²) in [6.45, 7) is 5.43. The summed E-state index contributed by atoms with van der Waals surface area (Å²) >= 11 is 0. The lowest BCUT2D eigenvalue weighted by atomic mass is 9.91. The molecule has 0 radical (unpaired) electrons. The van der Waals surface area contributed by atoms with Gasteiger partial charge in [0, 0.05) is 11.6 Å². The smallest absolute Gasteiger partial charge is 0.272 e. The second kappa shape index (κ2) is 7.25. The highest BCUT2D eigenvalue weighted by Gasteiger charge is 2.22. The normalized spacial score (nSPS) is 11.2. The number of hydrogen-bond acceptors (Lipinski definition) is 4. The fraction of sp³-hybridized carbons (Fsp3) is 0.353.